The first-order chi connectivity index (χ1) is 16.1. The van der Waals surface area contributed by atoms with E-state index in [1.807, 2.05) is 39.0 Å². The molecule has 8 heteroatoms. The highest BCUT2D eigenvalue weighted by Gasteiger charge is 2.28. The average Bonchev–Trinajstić information content (AvgIpc) is 2.78. The lowest BCUT2D eigenvalue weighted by Crippen LogP contribution is -2.42. The third kappa shape index (κ3) is 6.30. The monoisotopic (exact) mass is 500 g/mol. The first-order valence-corrected chi connectivity index (χ1v) is 12.7. The summed E-state index contributed by atoms with van der Waals surface area (Å²) in [5.41, 5.74) is 4.07. The number of benzene rings is 3. The van der Waals surface area contributed by atoms with Gasteiger partial charge in [-0.1, -0.05) is 41.4 Å². The number of halogens is 1. The third-order valence-electron chi connectivity index (χ3n) is 5.35. The molecule has 0 heterocycles. The Morgan fingerprint density at radius 2 is 1.59 bits per heavy atom. The van der Waals surface area contributed by atoms with Crippen LogP contribution >= 0.6 is 11.6 Å². The summed E-state index contributed by atoms with van der Waals surface area (Å²) in [6.45, 7) is 7.71. The minimum Gasteiger partial charge on any atom is -0.491 e. The van der Waals surface area contributed by atoms with Crippen LogP contribution in [0.5, 0.6) is 5.75 Å². The molecule has 180 valence electrons. The highest BCUT2D eigenvalue weighted by Crippen LogP contribution is 2.29. The van der Waals surface area contributed by atoms with Gasteiger partial charge < -0.3 is 10.1 Å². The van der Waals surface area contributed by atoms with Gasteiger partial charge in [-0.05, 0) is 80.8 Å². The van der Waals surface area contributed by atoms with E-state index >= 15 is 0 Å². The highest BCUT2D eigenvalue weighted by molar-refractivity contribution is 7.92. The van der Waals surface area contributed by atoms with Crippen molar-refractivity contribution in [2.45, 2.75) is 32.6 Å². The van der Waals surface area contributed by atoms with E-state index in [2.05, 4.69) is 5.32 Å². The van der Waals surface area contributed by atoms with Crippen molar-refractivity contribution in [3.8, 4) is 5.75 Å². The first kappa shape index (κ1) is 25.6. The summed E-state index contributed by atoms with van der Waals surface area (Å²) in [5.74, 6) is 0.323. The maximum absolute atomic E-state index is 13.5. The minimum absolute atomic E-state index is 0.110. The molecular weight excluding hydrogens is 472 g/mol. The van der Waals surface area contributed by atoms with E-state index in [0.717, 1.165) is 26.7 Å². The van der Waals surface area contributed by atoms with Gasteiger partial charge in [0.2, 0.25) is 5.91 Å². The van der Waals surface area contributed by atoms with Gasteiger partial charge in [-0.2, -0.15) is 0 Å². The molecular formula is C26H29ClN2O4S. The molecule has 0 atom stereocenters. The number of carbonyl (C=O) groups is 1. The van der Waals surface area contributed by atoms with Crippen LogP contribution in [-0.2, 0) is 14.8 Å². The lowest BCUT2D eigenvalue weighted by atomic mass is 10.1. The van der Waals surface area contributed by atoms with E-state index in [1.165, 1.54) is 0 Å². The number of amides is 1. The van der Waals surface area contributed by atoms with Gasteiger partial charge in [0, 0.05) is 5.02 Å². The minimum atomic E-state index is -3.99. The Morgan fingerprint density at radius 3 is 2.26 bits per heavy atom. The van der Waals surface area contributed by atoms with Crippen LogP contribution in [0.4, 0.5) is 5.69 Å². The number of rotatable bonds is 9. The summed E-state index contributed by atoms with van der Waals surface area (Å²) in [4.78, 5) is 12.9. The van der Waals surface area contributed by atoms with Gasteiger partial charge in [0.05, 0.1) is 17.1 Å². The lowest BCUT2D eigenvalue weighted by molar-refractivity contribution is -0.119. The topological polar surface area (TPSA) is 75.7 Å². The number of anilines is 1. The summed E-state index contributed by atoms with van der Waals surface area (Å²) in [6.07, 6.45) is 0. The van der Waals surface area contributed by atoms with Crippen molar-refractivity contribution in [3.63, 3.8) is 0 Å². The fraction of sp³-hybridized carbons (Fsp3) is 0.269. The molecule has 0 spiro atoms. The normalized spacial score (nSPS) is 11.2. The van der Waals surface area contributed by atoms with E-state index in [1.54, 1.807) is 49.4 Å². The van der Waals surface area contributed by atoms with Crippen molar-refractivity contribution in [2.75, 3.05) is 24.0 Å². The van der Waals surface area contributed by atoms with E-state index in [0.29, 0.717) is 16.3 Å². The molecule has 3 aromatic carbocycles. The van der Waals surface area contributed by atoms with Crippen molar-refractivity contribution >= 4 is 33.2 Å². The van der Waals surface area contributed by atoms with Gasteiger partial charge in [-0.3, -0.25) is 9.10 Å². The zero-order chi connectivity index (χ0) is 24.9. The first-order valence-electron chi connectivity index (χ1n) is 10.9. The van der Waals surface area contributed by atoms with Crippen LogP contribution in [-0.4, -0.2) is 34.0 Å². The molecule has 0 saturated heterocycles. The molecule has 34 heavy (non-hydrogen) atoms. The van der Waals surface area contributed by atoms with Gasteiger partial charge in [0.15, 0.2) is 0 Å². The van der Waals surface area contributed by atoms with Gasteiger partial charge in [-0.25, -0.2) is 8.42 Å². The quantitative estimate of drug-likeness (QED) is 0.421. The predicted octanol–water partition coefficient (Wildman–Crippen LogP) is 4.96. The number of aryl methyl sites for hydroxylation is 4. The summed E-state index contributed by atoms with van der Waals surface area (Å²) in [7, 11) is -3.99. The van der Waals surface area contributed by atoms with Crippen LogP contribution in [0.2, 0.25) is 5.02 Å². The number of nitrogens with zero attached hydrogens (tertiary/aromatic N) is 1. The molecule has 0 fully saturated rings. The second-order valence-corrected chi connectivity index (χ2v) is 10.5. The third-order valence-corrected chi connectivity index (χ3v) is 7.36. The van der Waals surface area contributed by atoms with Crippen molar-refractivity contribution in [3.05, 3.63) is 87.9 Å². The van der Waals surface area contributed by atoms with Crippen LogP contribution in [0.15, 0.2) is 65.6 Å². The SMILES string of the molecule is Cc1ccc(S(=O)(=O)N(CC(=O)NCCOc2cc(C)ccc2C)c2ccc(Cl)cc2C)cc1. The number of nitrogens with one attached hydrogen (secondary N) is 1. The number of sulfonamides is 1. The van der Waals surface area contributed by atoms with Crippen LogP contribution in [0, 0.1) is 27.7 Å². The molecule has 3 aromatic rings. The Morgan fingerprint density at radius 1 is 0.912 bits per heavy atom. The number of carbonyl (C=O) groups excluding carboxylic acids is 1. The van der Waals surface area contributed by atoms with Crippen LogP contribution in [0.3, 0.4) is 0 Å². The molecule has 0 bridgehead atoms. The van der Waals surface area contributed by atoms with Crippen molar-refractivity contribution < 1.29 is 17.9 Å². The number of ether oxygens (including phenoxy) is 1. The molecule has 0 unspecified atom stereocenters. The van der Waals surface area contributed by atoms with E-state index in [-0.39, 0.29) is 24.6 Å². The summed E-state index contributed by atoms with van der Waals surface area (Å²) in [5, 5.41) is 3.24. The van der Waals surface area contributed by atoms with E-state index in [9.17, 15) is 13.2 Å². The summed E-state index contributed by atoms with van der Waals surface area (Å²) >= 11 is 6.07. The lowest BCUT2D eigenvalue weighted by Gasteiger charge is -2.26. The second-order valence-electron chi connectivity index (χ2n) is 8.22. The molecule has 0 aliphatic heterocycles. The van der Waals surface area contributed by atoms with E-state index in [4.69, 9.17) is 16.3 Å². The smallest absolute Gasteiger partial charge is 0.264 e. The Bertz CT molecular complexity index is 1270. The Kier molecular flexibility index (Phi) is 8.23. The maximum Gasteiger partial charge on any atom is 0.264 e. The summed E-state index contributed by atoms with van der Waals surface area (Å²) < 4.78 is 33.9. The fourth-order valence-corrected chi connectivity index (χ4v) is 5.15. The molecule has 0 radical (unpaired) electrons. The van der Waals surface area contributed by atoms with Gasteiger partial charge >= 0.3 is 0 Å². The molecule has 0 aromatic heterocycles. The molecule has 1 N–H and O–H groups in total. The molecule has 0 aliphatic rings. The average molecular weight is 501 g/mol. The standard InChI is InChI=1S/C26H29ClN2O4S/c1-18-6-10-23(11-7-18)34(31,32)29(24-12-9-22(27)16-21(24)4)17-26(30)28-13-14-33-25-15-19(2)5-8-20(25)3/h5-12,15-16H,13-14,17H2,1-4H3,(H,28,30). The highest BCUT2D eigenvalue weighted by atomic mass is 35.5. The number of hydrogen-bond donors (Lipinski definition) is 1. The van der Waals surface area contributed by atoms with Crippen molar-refractivity contribution in [2.24, 2.45) is 0 Å². The zero-order valence-corrected chi connectivity index (χ0v) is 21.3. The second kappa shape index (κ2) is 10.9. The molecule has 1 amide bonds. The van der Waals surface area contributed by atoms with Gasteiger partial charge in [0.1, 0.15) is 18.9 Å². The van der Waals surface area contributed by atoms with Crippen LogP contribution in [0.25, 0.3) is 0 Å². The van der Waals surface area contributed by atoms with Gasteiger partial charge in [0.25, 0.3) is 10.0 Å². The fourth-order valence-electron chi connectivity index (χ4n) is 3.44. The summed E-state index contributed by atoms with van der Waals surface area (Å²) in [6, 6.07) is 17.3. The largest absolute Gasteiger partial charge is 0.491 e. The Balaban J connectivity index is 1.75. The van der Waals surface area contributed by atoms with Crippen LogP contribution in [0.1, 0.15) is 22.3 Å². The number of hydrogen-bond acceptors (Lipinski definition) is 4. The zero-order valence-electron chi connectivity index (χ0n) is 19.8. The maximum atomic E-state index is 13.5. The Labute approximate surface area is 206 Å². The van der Waals surface area contributed by atoms with Gasteiger partial charge in [-0.15, -0.1) is 0 Å². The molecule has 6 nitrogen and oxygen atoms in total. The molecule has 0 saturated carbocycles. The van der Waals surface area contributed by atoms with E-state index < -0.39 is 15.9 Å². The molecule has 0 aliphatic carbocycles. The molecule has 3 rings (SSSR count). The van der Waals surface area contributed by atoms with Crippen molar-refractivity contribution in [1.29, 1.82) is 0 Å². The van der Waals surface area contributed by atoms with Crippen molar-refractivity contribution in [1.82, 2.24) is 5.32 Å². The van der Waals surface area contributed by atoms with Crippen LogP contribution < -0.4 is 14.4 Å². The predicted molar refractivity (Wildman–Crippen MR) is 136 cm³/mol. The Hall–Kier alpha value is -3.03.